The van der Waals surface area contributed by atoms with Crippen LogP contribution in [0.5, 0.6) is 0 Å². The molecule has 0 radical (unpaired) electrons. The maximum Gasteiger partial charge on any atom is 0.313 e. The molecule has 5 heteroatoms. The summed E-state index contributed by atoms with van der Waals surface area (Å²) >= 11 is 0. The van der Waals surface area contributed by atoms with Crippen LogP contribution in [0.4, 0.5) is 11.4 Å². The Morgan fingerprint density at radius 2 is 1.68 bits per heavy atom. The summed E-state index contributed by atoms with van der Waals surface area (Å²) in [5, 5.41) is 5.39. The predicted octanol–water partition coefficient (Wildman–Crippen LogP) is 3.59. The molecule has 0 aromatic heterocycles. The molecule has 0 saturated carbocycles. The SMILES string of the molecule is Cc1cccc(NC(=O)C(=O)NCCCc2ccc(N3CCCC3)cc2)c1C. The number of carbonyl (C=O) groups is 2. The Morgan fingerprint density at radius 3 is 2.39 bits per heavy atom. The summed E-state index contributed by atoms with van der Waals surface area (Å²) in [5.41, 5.74) is 5.27. The maximum atomic E-state index is 12.1. The zero-order chi connectivity index (χ0) is 19.9. The van der Waals surface area contributed by atoms with Crippen LogP contribution in [0.25, 0.3) is 0 Å². The van der Waals surface area contributed by atoms with E-state index in [4.69, 9.17) is 0 Å². The number of rotatable bonds is 6. The van der Waals surface area contributed by atoms with Crippen molar-refractivity contribution in [3.63, 3.8) is 0 Å². The molecule has 148 valence electrons. The Balaban J connectivity index is 1.40. The van der Waals surface area contributed by atoms with Crippen molar-refractivity contribution in [3.05, 3.63) is 59.2 Å². The summed E-state index contributed by atoms with van der Waals surface area (Å²) in [5.74, 6) is -1.21. The molecule has 1 heterocycles. The van der Waals surface area contributed by atoms with Gasteiger partial charge in [-0.3, -0.25) is 9.59 Å². The molecule has 28 heavy (non-hydrogen) atoms. The Hall–Kier alpha value is -2.82. The van der Waals surface area contributed by atoms with Crippen LogP contribution in [0.15, 0.2) is 42.5 Å². The van der Waals surface area contributed by atoms with Gasteiger partial charge in [-0.2, -0.15) is 0 Å². The lowest BCUT2D eigenvalue weighted by Gasteiger charge is -2.17. The number of hydrogen-bond donors (Lipinski definition) is 2. The van der Waals surface area contributed by atoms with Crippen LogP contribution in [0.1, 0.15) is 36.0 Å². The van der Waals surface area contributed by atoms with Crippen molar-refractivity contribution in [2.24, 2.45) is 0 Å². The Bertz CT molecular complexity index is 824. The molecule has 5 nitrogen and oxygen atoms in total. The zero-order valence-corrected chi connectivity index (χ0v) is 16.8. The average Bonchev–Trinajstić information content (AvgIpc) is 3.24. The number of aryl methyl sites for hydroxylation is 2. The molecule has 1 fully saturated rings. The van der Waals surface area contributed by atoms with Gasteiger partial charge in [-0.25, -0.2) is 0 Å². The van der Waals surface area contributed by atoms with Gasteiger partial charge in [0.1, 0.15) is 0 Å². The minimum Gasteiger partial charge on any atom is -0.372 e. The summed E-state index contributed by atoms with van der Waals surface area (Å²) in [4.78, 5) is 26.5. The van der Waals surface area contributed by atoms with Gasteiger partial charge in [0.25, 0.3) is 0 Å². The van der Waals surface area contributed by atoms with E-state index in [1.165, 1.54) is 24.1 Å². The minimum absolute atomic E-state index is 0.479. The summed E-state index contributed by atoms with van der Waals surface area (Å²) in [7, 11) is 0. The van der Waals surface area contributed by atoms with E-state index in [0.29, 0.717) is 12.2 Å². The lowest BCUT2D eigenvalue weighted by Crippen LogP contribution is -2.36. The van der Waals surface area contributed by atoms with Crippen LogP contribution in [0, 0.1) is 13.8 Å². The van der Waals surface area contributed by atoms with E-state index in [2.05, 4.69) is 39.8 Å². The summed E-state index contributed by atoms with van der Waals surface area (Å²) in [6.07, 6.45) is 4.22. The highest BCUT2D eigenvalue weighted by Gasteiger charge is 2.14. The van der Waals surface area contributed by atoms with Gasteiger partial charge in [0, 0.05) is 31.0 Å². The van der Waals surface area contributed by atoms with Crippen molar-refractivity contribution < 1.29 is 9.59 Å². The molecule has 1 aliphatic heterocycles. The molecule has 2 aromatic carbocycles. The second kappa shape index (κ2) is 9.40. The monoisotopic (exact) mass is 379 g/mol. The van der Waals surface area contributed by atoms with Crippen LogP contribution < -0.4 is 15.5 Å². The molecule has 1 saturated heterocycles. The number of amides is 2. The molecule has 0 bridgehead atoms. The van der Waals surface area contributed by atoms with Crippen LogP contribution in [-0.2, 0) is 16.0 Å². The Morgan fingerprint density at radius 1 is 0.964 bits per heavy atom. The molecular formula is C23H29N3O2. The Kier molecular flexibility index (Phi) is 6.69. The molecule has 0 aliphatic carbocycles. The van der Waals surface area contributed by atoms with Crippen LogP contribution in [-0.4, -0.2) is 31.4 Å². The average molecular weight is 380 g/mol. The molecular weight excluding hydrogens is 350 g/mol. The van der Waals surface area contributed by atoms with Gasteiger partial charge in [0.05, 0.1) is 0 Å². The van der Waals surface area contributed by atoms with E-state index in [-0.39, 0.29) is 0 Å². The van der Waals surface area contributed by atoms with Crippen molar-refractivity contribution in [2.45, 2.75) is 39.5 Å². The molecule has 2 amide bonds. The van der Waals surface area contributed by atoms with Crippen molar-refractivity contribution in [3.8, 4) is 0 Å². The fraction of sp³-hybridized carbons (Fsp3) is 0.391. The molecule has 2 N–H and O–H groups in total. The van der Waals surface area contributed by atoms with Crippen molar-refractivity contribution >= 4 is 23.2 Å². The van der Waals surface area contributed by atoms with E-state index in [0.717, 1.165) is 37.1 Å². The topological polar surface area (TPSA) is 61.4 Å². The normalized spacial score (nSPS) is 13.4. The lowest BCUT2D eigenvalue weighted by atomic mass is 10.1. The van der Waals surface area contributed by atoms with E-state index in [1.807, 2.05) is 26.0 Å². The second-order valence-electron chi connectivity index (χ2n) is 7.42. The van der Waals surface area contributed by atoms with E-state index in [9.17, 15) is 9.59 Å². The van der Waals surface area contributed by atoms with Crippen LogP contribution >= 0.6 is 0 Å². The first kappa shape index (κ1) is 19.9. The van der Waals surface area contributed by atoms with Crippen molar-refractivity contribution in [2.75, 3.05) is 29.9 Å². The fourth-order valence-electron chi connectivity index (χ4n) is 3.49. The molecule has 3 rings (SSSR count). The highest BCUT2D eigenvalue weighted by Crippen LogP contribution is 2.21. The van der Waals surface area contributed by atoms with E-state index < -0.39 is 11.8 Å². The van der Waals surface area contributed by atoms with Gasteiger partial charge >= 0.3 is 11.8 Å². The zero-order valence-electron chi connectivity index (χ0n) is 16.8. The third-order valence-corrected chi connectivity index (χ3v) is 5.39. The maximum absolute atomic E-state index is 12.1. The largest absolute Gasteiger partial charge is 0.372 e. The number of carbonyl (C=O) groups excluding carboxylic acids is 2. The fourth-order valence-corrected chi connectivity index (χ4v) is 3.49. The first-order valence-corrected chi connectivity index (χ1v) is 10.0. The third kappa shape index (κ3) is 5.12. The molecule has 0 spiro atoms. The number of nitrogens with one attached hydrogen (secondary N) is 2. The Labute approximate surface area is 167 Å². The lowest BCUT2D eigenvalue weighted by molar-refractivity contribution is -0.136. The smallest absolute Gasteiger partial charge is 0.313 e. The van der Waals surface area contributed by atoms with E-state index >= 15 is 0 Å². The first-order chi connectivity index (χ1) is 13.5. The van der Waals surface area contributed by atoms with E-state index in [1.54, 1.807) is 6.07 Å². The minimum atomic E-state index is -0.622. The quantitative estimate of drug-likeness (QED) is 0.596. The molecule has 1 aliphatic rings. The molecule has 0 atom stereocenters. The number of nitrogens with zero attached hydrogens (tertiary/aromatic N) is 1. The first-order valence-electron chi connectivity index (χ1n) is 10.0. The highest BCUT2D eigenvalue weighted by molar-refractivity contribution is 6.39. The molecule has 0 unspecified atom stereocenters. The number of anilines is 2. The molecule has 2 aromatic rings. The number of hydrogen-bond acceptors (Lipinski definition) is 3. The highest BCUT2D eigenvalue weighted by atomic mass is 16.2. The van der Waals surface area contributed by atoms with Crippen molar-refractivity contribution in [1.82, 2.24) is 5.32 Å². The van der Waals surface area contributed by atoms with Crippen molar-refractivity contribution in [1.29, 1.82) is 0 Å². The van der Waals surface area contributed by atoms with Gasteiger partial charge in [-0.05, 0) is 74.4 Å². The summed E-state index contributed by atoms with van der Waals surface area (Å²) in [6, 6.07) is 14.3. The van der Waals surface area contributed by atoms with Gasteiger partial charge in [-0.1, -0.05) is 24.3 Å². The number of benzene rings is 2. The van der Waals surface area contributed by atoms with Gasteiger partial charge in [-0.15, -0.1) is 0 Å². The van der Waals surface area contributed by atoms with Gasteiger partial charge in [0.15, 0.2) is 0 Å². The van der Waals surface area contributed by atoms with Crippen LogP contribution in [0.3, 0.4) is 0 Å². The van der Waals surface area contributed by atoms with Gasteiger partial charge in [0.2, 0.25) is 0 Å². The summed E-state index contributed by atoms with van der Waals surface area (Å²) in [6.45, 7) is 6.68. The second-order valence-corrected chi connectivity index (χ2v) is 7.42. The third-order valence-electron chi connectivity index (χ3n) is 5.39. The summed E-state index contributed by atoms with van der Waals surface area (Å²) < 4.78 is 0. The standard InChI is InChI=1S/C23H29N3O2/c1-17-7-5-9-21(18(17)2)25-23(28)22(27)24-14-6-8-19-10-12-20(13-11-19)26-15-3-4-16-26/h5,7,9-13H,3-4,6,8,14-16H2,1-2H3,(H,24,27)(H,25,28). The van der Waals surface area contributed by atoms with Gasteiger partial charge < -0.3 is 15.5 Å². The predicted molar refractivity (Wildman–Crippen MR) is 114 cm³/mol. The van der Waals surface area contributed by atoms with Crippen LogP contribution in [0.2, 0.25) is 0 Å².